The lowest BCUT2D eigenvalue weighted by atomic mass is 10.0. The zero-order chi connectivity index (χ0) is 14.8. The van der Waals surface area contributed by atoms with Gasteiger partial charge >= 0.3 is 0 Å². The number of rotatable bonds is 5. The SMILES string of the molecule is CCc1cccc(CC)c1NS(=O)(=O)c1cc(N)cs1. The number of sulfonamides is 1. The maximum Gasteiger partial charge on any atom is 0.271 e. The van der Waals surface area contributed by atoms with E-state index in [9.17, 15) is 8.42 Å². The number of hydrogen-bond acceptors (Lipinski definition) is 4. The minimum absolute atomic E-state index is 0.239. The summed E-state index contributed by atoms with van der Waals surface area (Å²) in [5, 5.41) is 1.63. The van der Waals surface area contributed by atoms with Crippen LogP contribution in [-0.2, 0) is 22.9 Å². The smallest absolute Gasteiger partial charge is 0.271 e. The second kappa shape index (κ2) is 5.85. The predicted octanol–water partition coefficient (Wildman–Crippen LogP) is 3.26. The molecule has 0 unspecified atom stereocenters. The first-order valence-electron chi connectivity index (χ1n) is 6.45. The number of anilines is 2. The third-order valence-electron chi connectivity index (χ3n) is 3.10. The van der Waals surface area contributed by atoms with Crippen LogP contribution in [0.25, 0.3) is 0 Å². The van der Waals surface area contributed by atoms with Gasteiger partial charge < -0.3 is 5.73 Å². The normalized spacial score (nSPS) is 11.5. The quantitative estimate of drug-likeness (QED) is 0.890. The topological polar surface area (TPSA) is 72.2 Å². The van der Waals surface area contributed by atoms with E-state index in [1.54, 1.807) is 5.38 Å². The highest BCUT2D eigenvalue weighted by molar-refractivity contribution is 7.94. The van der Waals surface area contributed by atoms with E-state index in [1.165, 1.54) is 6.07 Å². The van der Waals surface area contributed by atoms with Crippen molar-refractivity contribution >= 4 is 32.7 Å². The Morgan fingerprint density at radius 1 is 1.20 bits per heavy atom. The summed E-state index contributed by atoms with van der Waals surface area (Å²) >= 11 is 1.13. The van der Waals surface area contributed by atoms with Gasteiger partial charge in [-0.05, 0) is 30.0 Å². The van der Waals surface area contributed by atoms with Crippen molar-refractivity contribution in [2.75, 3.05) is 10.5 Å². The molecule has 6 heteroatoms. The lowest BCUT2D eigenvalue weighted by Crippen LogP contribution is -2.14. The van der Waals surface area contributed by atoms with Crippen LogP contribution < -0.4 is 10.5 Å². The van der Waals surface area contributed by atoms with E-state index in [-0.39, 0.29) is 4.21 Å². The summed E-state index contributed by atoms with van der Waals surface area (Å²) < 4.78 is 27.7. The average molecular weight is 310 g/mol. The maximum atomic E-state index is 12.4. The van der Waals surface area contributed by atoms with Crippen LogP contribution in [0.15, 0.2) is 33.9 Å². The van der Waals surface area contributed by atoms with Gasteiger partial charge in [0, 0.05) is 11.1 Å². The lowest BCUT2D eigenvalue weighted by Gasteiger charge is -2.14. The molecular formula is C14H18N2O2S2. The van der Waals surface area contributed by atoms with Crippen LogP contribution in [-0.4, -0.2) is 8.42 Å². The van der Waals surface area contributed by atoms with E-state index in [2.05, 4.69) is 4.72 Å². The minimum Gasteiger partial charge on any atom is -0.398 e. The molecule has 0 bridgehead atoms. The van der Waals surface area contributed by atoms with E-state index >= 15 is 0 Å². The van der Waals surface area contributed by atoms with E-state index in [1.807, 2.05) is 32.0 Å². The number of thiophene rings is 1. The Morgan fingerprint density at radius 3 is 2.25 bits per heavy atom. The van der Waals surface area contributed by atoms with Gasteiger partial charge in [-0.3, -0.25) is 4.72 Å². The maximum absolute atomic E-state index is 12.4. The second-order valence-corrected chi connectivity index (χ2v) is 7.28. The molecule has 1 heterocycles. The molecule has 0 spiro atoms. The van der Waals surface area contributed by atoms with Crippen molar-refractivity contribution in [3.8, 4) is 0 Å². The second-order valence-electron chi connectivity index (χ2n) is 4.46. The lowest BCUT2D eigenvalue weighted by molar-refractivity contribution is 0.603. The van der Waals surface area contributed by atoms with E-state index in [0.717, 1.165) is 35.3 Å². The molecule has 2 aromatic rings. The van der Waals surface area contributed by atoms with Crippen LogP contribution in [0.4, 0.5) is 11.4 Å². The van der Waals surface area contributed by atoms with Crippen molar-refractivity contribution < 1.29 is 8.42 Å². The summed E-state index contributed by atoms with van der Waals surface area (Å²) in [7, 11) is -3.57. The van der Waals surface area contributed by atoms with Crippen molar-refractivity contribution in [2.24, 2.45) is 0 Å². The molecule has 3 N–H and O–H groups in total. The molecule has 0 saturated carbocycles. The molecule has 2 rings (SSSR count). The molecule has 0 saturated heterocycles. The number of nitrogen functional groups attached to an aromatic ring is 1. The predicted molar refractivity (Wildman–Crippen MR) is 84.7 cm³/mol. The fraction of sp³-hybridized carbons (Fsp3) is 0.286. The van der Waals surface area contributed by atoms with Crippen LogP contribution in [0, 0.1) is 0 Å². The third-order valence-corrected chi connectivity index (χ3v) is 5.90. The molecular weight excluding hydrogens is 292 g/mol. The van der Waals surface area contributed by atoms with Gasteiger partial charge in [0.2, 0.25) is 0 Å². The highest BCUT2D eigenvalue weighted by Gasteiger charge is 2.19. The molecule has 0 atom stereocenters. The van der Waals surface area contributed by atoms with Crippen molar-refractivity contribution in [3.63, 3.8) is 0 Å². The number of hydrogen-bond donors (Lipinski definition) is 2. The molecule has 4 nitrogen and oxygen atoms in total. The van der Waals surface area contributed by atoms with Gasteiger partial charge in [-0.25, -0.2) is 8.42 Å². The van der Waals surface area contributed by atoms with Crippen molar-refractivity contribution in [3.05, 3.63) is 40.8 Å². The summed E-state index contributed by atoms with van der Waals surface area (Å²) in [5.74, 6) is 0. The average Bonchev–Trinajstić information content (AvgIpc) is 2.86. The Kier molecular flexibility index (Phi) is 4.35. The molecule has 1 aromatic carbocycles. The fourth-order valence-electron chi connectivity index (χ4n) is 2.03. The van der Waals surface area contributed by atoms with E-state index in [0.29, 0.717) is 11.4 Å². The number of nitrogens with two attached hydrogens (primary N) is 1. The molecule has 1 aromatic heterocycles. The van der Waals surface area contributed by atoms with Gasteiger partial charge in [-0.15, -0.1) is 11.3 Å². The molecule has 0 radical (unpaired) electrons. The first-order chi connectivity index (χ1) is 9.47. The summed E-state index contributed by atoms with van der Waals surface area (Å²) in [5.41, 5.74) is 8.76. The fourth-order valence-corrected chi connectivity index (χ4v) is 4.25. The van der Waals surface area contributed by atoms with E-state index < -0.39 is 10.0 Å². The summed E-state index contributed by atoms with van der Waals surface area (Å²) in [6.45, 7) is 4.02. The molecule has 0 amide bonds. The number of nitrogens with one attached hydrogen (secondary N) is 1. The summed E-state index contributed by atoms with van der Waals surface area (Å²) in [6.07, 6.45) is 1.55. The van der Waals surface area contributed by atoms with Crippen LogP contribution in [0.2, 0.25) is 0 Å². The molecule has 0 aliphatic carbocycles. The Balaban J connectivity index is 2.43. The van der Waals surface area contributed by atoms with Gasteiger partial charge in [0.25, 0.3) is 10.0 Å². The first kappa shape index (κ1) is 14.9. The van der Waals surface area contributed by atoms with Crippen LogP contribution in [0.3, 0.4) is 0 Å². The van der Waals surface area contributed by atoms with Crippen molar-refractivity contribution in [1.29, 1.82) is 0 Å². The Morgan fingerprint density at radius 2 is 1.80 bits per heavy atom. The number of para-hydroxylation sites is 1. The third kappa shape index (κ3) is 2.96. The molecule has 0 aliphatic rings. The minimum atomic E-state index is -3.57. The summed E-state index contributed by atoms with van der Waals surface area (Å²) in [6, 6.07) is 7.32. The number of aryl methyl sites for hydroxylation is 2. The monoisotopic (exact) mass is 310 g/mol. The molecule has 0 aliphatic heterocycles. The van der Waals surface area contributed by atoms with Gasteiger partial charge in [0.05, 0.1) is 5.69 Å². The number of benzene rings is 1. The Labute approximate surface area is 123 Å². The molecule has 108 valence electrons. The standard InChI is InChI=1S/C14H18N2O2S2/c1-3-10-6-5-7-11(4-2)14(10)16-20(17,18)13-8-12(15)9-19-13/h5-9,16H,3-4,15H2,1-2H3. The zero-order valence-corrected chi connectivity index (χ0v) is 13.1. The molecule has 0 fully saturated rings. The first-order valence-corrected chi connectivity index (χ1v) is 8.81. The van der Waals surface area contributed by atoms with Gasteiger partial charge in [0.15, 0.2) is 0 Å². The Bertz CT molecular complexity index is 683. The highest BCUT2D eigenvalue weighted by atomic mass is 32.2. The summed E-state index contributed by atoms with van der Waals surface area (Å²) in [4.78, 5) is 0. The van der Waals surface area contributed by atoms with Gasteiger partial charge in [-0.2, -0.15) is 0 Å². The van der Waals surface area contributed by atoms with Gasteiger partial charge in [-0.1, -0.05) is 32.0 Å². The molecule has 20 heavy (non-hydrogen) atoms. The highest BCUT2D eigenvalue weighted by Crippen LogP contribution is 2.28. The van der Waals surface area contributed by atoms with Crippen LogP contribution in [0.1, 0.15) is 25.0 Å². The van der Waals surface area contributed by atoms with E-state index in [4.69, 9.17) is 5.73 Å². The zero-order valence-electron chi connectivity index (χ0n) is 11.5. The van der Waals surface area contributed by atoms with Crippen LogP contribution >= 0.6 is 11.3 Å². The Hall–Kier alpha value is -1.53. The van der Waals surface area contributed by atoms with Crippen molar-refractivity contribution in [2.45, 2.75) is 30.9 Å². The largest absolute Gasteiger partial charge is 0.398 e. The van der Waals surface area contributed by atoms with Crippen molar-refractivity contribution in [1.82, 2.24) is 0 Å². The van der Waals surface area contributed by atoms with Gasteiger partial charge in [0.1, 0.15) is 4.21 Å². The van der Waals surface area contributed by atoms with Crippen LogP contribution in [0.5, 0.6) is 0 Å².